The summed E-state index contributed by atoms with van der Waals surface area (Å²) in [7, 11) is 2.96. The van der Waals surface area contributed by atoms with Crippen molar-refractivity contribution in [1.82, 2.24) is 10.2 Å². The molecule has 0 aliphatic heterocycles. The van der Waals surface area contributed by atoms with E-state index in [4.69, 9.17) is 11.2 Å². The van der Waals surface area contributed by atoms with Crippen molar-refractivity contribution < 1.29 is 9.90 Å². The molecule has 0 bridgehead atoms. The van der Waals surface area contributed by atoms with Crippen molar-refractivity contribution in [2.45, 2.75) is 12.8 Å². The van der Waals surface area contributed by atoms with Gasteiger partial charge in [0.2, 0.25) is 5.91 Å². The van der Waals surface area contributed by atoms with Crippen molar-refractivity contribution in [3.63, 3.8) is 0 Å². The molecule has 32 heavy (non-hydrogen) atoms. The molecule has 170 valence electrons. The van der Waals surface area contributed by atoms with Crippen molar-refractivity contribution in [2.75, 3.05) is 38.5 Å². The van der Waals surface area contributed by atoms with Gasteiger partial charge >= 0.3 is 0 Å². The second-order valence-electron chi connectivity index (χ2n) is 7.11. The van der Waals surface area contributed by atoms with Gasteiger partial charge in [0.15, 0.2) is 0 Å². The minimum atomic E-state index is -0.144. The van der Waals surface area contributed by atoms with E-state index in [1.165, 1.54) is 6.08 Å². The maximum Gasteiger partial charge on any atom is 0.243 e. The van der Waals surface area contributed by atoms with Crippen LogP contribution in [-0.4, -0.2) is 49.1 Å². The Morgan fingerprint density at radius 1 is 1.16 bits per heavy atom. The molecule has 0 fully saturated rings. The number of phenols is 1. The van der Waals surface area contributed by atoms with Crippen molar-refractivity contribution >= 4 is 50.4 Å². The van der Waals surface area contributed by atoms with Crippen LogP contribution in [-0.2, 0) is 26.1 Å². The molecule has 10 heteroatoms. The molecule has 2 aromatic rings. The number of phenolic OH excluding ortho intramolecular Hbond substituents is 1. The molecule has 2 rings (SSSR count). The molecular weight excluding hydrogens is 446 g/mol. The zero-order valence-corrected chi connectivity index (χ0v) is 19.5. The van der Waals surface area contributed by atoms with Crippen LogP contribution in [0.25, 0.3) is 6.08 Å². The Bertz CT molecular complexity index is 976. The van der Waals surface area contributed by atoms with E-state index in [1.54, 1.807) is 48.5 Å². The summed E-state index contributed by atoms with van der Waals surface area (Å²) in [6.07, 6.45) is 4.93. The van der Waals surface area contributed by atoms with Gasteiger partial charge in [0.05, 0.1) is 11.4 Å². The molecule has 0 aliphatic carbocycles. The van der Waals surface area contributed by atoms with Gasteiger partial charge in [-0.05, 0) is 80.1 Å². The summed E-state index contributed by atoms with van der Waals surface area (Å²) >= 11 is 4.73. The number of nitrogens with one attached hydrogen (secondary N) is 2. The number of nitrogens with zero attached hydrogens (tertiary/aromatic N) is 3. The summed E-state index contributed by atoms with van der Waals surface area (Å²) in [5.74, 6) is 0.0529. The highest BCUT2D eigenvalue weighted by Gasteiger charge is 2.05. The average molecular weight is 474 g/mol. The van der Waals surface area contributed by atoms with Crippen LogP contribution in [0.3, 0.4) is 0 Å². The molecule has 0 saturated carbocycles. The number of hydrogen-bond donors (Lipinski definition) is 3. The van der Waals surface area contributed by atoms with Gasteiger partial charge in [-0.15, -0.1) is 4.91 Å². The first kappa shape index (κ1) is 25.3. The van der Waals surface area contributed by atoms with E-state index in [0.29, 0.717) is 30.2 Å². The van der Waals surface area contributed by atoms with Gasteiger partial charge in [0.25, 0.3) is 0 Å². The summed E-state index contributed by atoms with van der Waals surface area (Å²) < 4.78 is 4.01. The maximum absolute atomic E-state index is 11.9. The zero-order chi connectivity index (χ0) is 23.2. The lowest BCUT2D eigenvalue weighted by atomic mass is 10.2. The molecule has 0 atom stereocenters. The Morgan fingerprint density at radius 3 is 2.56 bits per heavy atom. The quantitative estimate of drug-likeness (QED) is 0.230. The van der Waals surface area contributed by atoms with E-state index in [0.717, 1.165) is 41.6 Å². The van der Waals surface area contributed by atoms with Gasteiger partial charge < -0.3 is 20.6 Å². The van der Waals surface area contributed by atoms with Crippen molar-refractivity contribution in [1.29, 1.82) is 0 Å². The SMILES string of the molecule is CN(CCCNC(=O)/C=C/c1ccc(O)cc1)CCCNc1ccc(N=S=S)cc1N=O. The number of amides is 1. The Hall–Kier alpha value is -2.95. The number of aromatic hydroxyl groups is 1. The van der Waals surface area contributed by atoms with Gasteiger partial charge in [-0.2, -0.15) is 4.36 Å². The Morgan fingerprint density at radius 2 is 1.88 bits per heavy atom. The van der Waals surface area contributed by atoms with E-state index < -0.39 is 0 Å². The standard InChI is InChI=1S/C22H27N5O3S2/c1-27(14-2-12-23-20-10-7-18(26-32-31)16-21(20)25-30)15-3-13-24-22(29)11-6-17-4-8-19(28)9-5-17/h4-11,16,23,28H,2-3,12-15H2,1H3,(H,24,29)/b11-6+. The molecule has 0 aliphatic rings. The van der Waals surface area contributed by atoms with Crippen LogP contribution in [0, 0.1) is 4.91 Å². The number of carbonyl (C=O) groups is 1. The smallest absolute Gasteiger partial charge is 0.243 e. The first-order valence-electron chi connectivity index (χ1n) is 10.2. The Balaban J connectivity index is 1.60. The summed E-state index contributed by atoms with van der Waals surface area (Å²) in [6.45, 7) is 3.04. The highest BCUT2D eigenvalue weighted by atomic mass is 32.8. The molecule has 8 nitrogen and oxygen atoms in total. The fourth-order valence-corrected chi connectivity index (χ4v) is 3.36. The minimum Gasteiger partial charge on any atom is -0.508 e. The third-order valence-corrected chi connectivity index (χ3v) is 5.10. The van der Waals surface area contributed by atoms with Gasteiger partial charge in [0, 0.05) is 40.5 Å². The molecule has 0 unspecified atom stereocenters. The molecule has 0 radical (unpaired) electrons. The molecule has 1 amide bonds. The number of nitroso groups, excluding NO2 is 1. The van der Waals surface area contributed by atoms with Gasteiger partial charge in [0.1, 0.15) is 11.4 Å². The number of rotatable bonds is 13. The highest BCUT2D eigenvalue weighted by molar-refractivity contribution is 8.12. The van der Waals surface area contributed by atoms with Crippen LogP contribution in [0.2, 0.25) is 0 Å². The number of carbonyl (C=O) groups excluding carboxylic acids is 1. The third kappa shape index (κ3) is 9.46. The summed E-state index contributed by atoms with van der Waals surface area (Å²) in [4.78, 5) is 25.1. The second kappa shape index (κ2) is 14.2. The van der Waals surface area contributed by atoms with E-state index >= 15 is 0 Å². The second-order valence-corrected chi connectivity index (χ2v) is 7.89. The third-order valence-electron chi connectivity index (χ3n) is 4.59. The lowest BCUT2D eigenvalue weighted by Crippen LogP contribution is -2.28. The monoisotopic (exact) mass is 473 g/mol. The van der Waals surface area contributed by atoms with E-state index in [9.17, 15) is 14.8 Å². The fourth-order valence-electron chi connectivity index (χ4n) is 2.91. The maximum atomic E-state index is 11.9. The molecule has 0 spiro atoms. The lowest BCUT2D eigenvalue weighted by molar-refractivity contribution is -0.116. The van der Waals surface area contributed by atoms with Gasteiger partial charge in [-0.3, -0.25) is 4.79 Å². The van der Waals surface area contributed by atoms with Gasteiger partial charge in [-0.25, -0.2) is 0 Å². The van der Waals surface area contributed by atoms with Crippen LogP contribution in [0.5, 0.6) is 5.75 Å². The fraction of sp³-hybridized carbons (Fsp3) is 0.318. The first-order chi connectivity index (χ1) is 15.5. The predicted octanol–water partition coefficient (Wildman–Crippen LogP) is 4.10. The molecule has 3 N–H and O–H groups in total. The average Bonchev–Trinajstić information content (AvgIpc) is 2.80. The summed E-state index contributed by atoms with van der Waals surface area (Å²) in [5, 5.41) is 18.4. The van der Waals surface area contributed by atoms with Crippen LogP contribution in [0.1, 0.15) is 18.4 Å². The zero-order valence-electron chi connectivity index (χ0n) is 17.9. The van der Waals surface area contributed by atoms with Crippen LogP contribution in [0.4, 0.5) is 17.1 Å². The first-order valence-corrected chi connectivity index (χ1v) is 11.9. The lowest BCUT2D eigenvalue weighted by Gasteiger charge is -2.17. The normalized spacial score (nSPS) is 10.8. The van der Waals surface area contributed by atoms with Gasteiger partial charge in [-0.1, -0.05) is 12.1 Å². The number of hydrogen-bond acceptors (Lipinski definition) is 8. The Labute approximate surface area is 196 Å². The summed E-state index contributed by atoms with van der Waals surface area (Å²) in [6, 6.07) is 11.8. The van der Waals surface area contributed by atoms with E-state index in [2.05, 4.69) is 25.1 Å². The van der Waals surface area contributed by atoms with Crippen LogP contribution in [0.15, 0.2) is 58.1 Å². The van der Waals surface area contributed by atoms with E-state index in [1.807, 2.05) is 7.05 Å². The van der Waals surface area contributed by atoms with E-state index in [-0.39, 0.29) is 11.7 Å². The molecule has 0 saturated heterocycles. The largest absolute Gasteiger partial charge is 0.508 e. The van der Waals surface area contributed by atoms with Crippen molar-refractivity contribution in [2.24, 2.45) is 9.54 Å². The predicted molar refractivity (Wildman–Crippen MR) is 134 cm³/mol. The van der Waals surface area contributed by atoms with Crippen molar-refractivity contribution in [3.05, 3.63) is 59.0 Å². The summed E-state index contributed by atoms with van der Waals surface area (Å²) in [5.41, 5.74) is 2.47. The number of benzene rings is 2. The molecule has 0 aromatic heterocycles. The topological polar surface area (TPSA) is 106 Å². The van der Waals surface area contributed by atoms with Crippen LogP contribution >= 0.6 is 0 Å². The van der Waals surface area contributed by atoms with Crippen LogP contribution < -0.4 is 10.6 Å². The molecular formula is C22H27N5O3S2. The highest BCUT2D eigenvalue weighted by Crippen LogP contribution is 2.29. The van der Waals surface area contributed by atoms with Crippen molar-refractivity contribution in [3.8, 4) is 5.75 Å². The molecule has 0 heterocycles. The minimum absolute atomic E-state index is 0.144. The molecule has 2 aromatic carbocycles. The number of anilines is 1. The Kier molecular flexibility index (Phi) is 11.2.